The lowest BCUT2D eigenvalue weighted by atomic mass is 10.1. The quantitative estimate of drug-likeness (QED) is 0.526. The van der Waals surface area contributed by atoms with Crippen molar-refractivity contribution in [2.24, 2.45) is 0 Å². The largest absolute Gasteiger partial charge is 0.497 e. The van der Waals surface area contributed by atoms with E-state index in [4.69, 9.17) is 4.74 Å². The van der Waals surface area contributed by atoms with Crippen LogP contribution in [0.1, 0.15) is 5.56 Å². The molecule has 0 aliphatic carbocycles. The van der Waals surface area contributed by atoms with Gasteiger partial charge in [0.05, 0.1) is 12.0 Å². The monoisotopic (exact) mass is 343 g/mol. The fraction of sp³-hybridized carbons (Fsp3) is 0.125. The molecular weight excluding hydrogens is 329 g/mol. The Kier molecular flexibility index (Phi) is 4.55. The first kappa shape index (κ1) is 16.4. The van der Waals surface area contributed by atoms with Gasteiger partial charge in [-0.15, -0.1) is 0 Å². The van der Waals surface area contributed by atoms with Gasteiger partial charge in [-0.25, -0.2) is 4.98 Å². The second-order valence-corrected chi connectivity index (χ2v) is 5.15. The lowest BCUT2D eigenvalue weighted by molar-refractivity contribution is -0.386. The van der Waals surface area contributed by atoms with Gasteiger partial charge < -0.3 is 10.1 Å². The average Bonchev–Trinajstić information content (AvgIpc) is 3.14. The Labute approximate surface area is 141 Å². The molecule has 0 aliphatic rings. The highest BCUT2D eigenvalue weighted by Gasteiger charge is 2.22. The highest BCUT2D eigenvalue weighted by molar-refractivity contribution is 5.65. The number of nitrogens with zero attached hydrogens (tertiary/aromatic N) is 3. The number of H-pyrrole nitrogens is 1. The van der Waals surface area contributed by atoms with Crippen LogP contribution < -0.4 is 10.1 Å². The van der Waals surface area contributed by atoms with Crippen molar-refractivity contribution in [2.75, 3.05) is 12.4 Å². The average molecular weight is 343 g/mol. The third-order valence-electron chi connectivity index (χ3n) is 3.55. The van der Waals surface area contributed by atoms with E-state index in [0.29, 0.717) is 5.82 Å². The molecule has 25 heavy (non-hydrogen) atoms. The highest BCUT2D eigenvalue weighted by atomic mass is 19.1. The van der Waals surface area contributed by atoms with Crippen LogP contribution in [0.5, 0.6) is 5.75 Å². The SMILES string of the molecule is COc1cc(F)c([N+](=O)[O-])c(NCc2cccc(-c3ncn[nH]3)c2)c1. The summed E-state index contributed by atoms with van der Waals surface area (Å²) in [6.45, 7) is 0.259. The molecule has 0 amide bonds. The predicted molar refractivity (Wildman–Crippen MR) is 88.8 cm³/mol. The van der Waals surface area contributed by atoms with Crippen molar-refractivity contribution < 1.29 is 14.1 Å². The second kappa shape index (κ2) is 6.95. The number of rotatable bonds is 6. The van der Waals surface area contributed by atoms with Gasteiger partial charge in [0, 0.05) is 24.2 Å². The van der Waals surface area contributed by atoms with Crippen LogP contribution in [0.15, 0.2) is 42.7 Å². The summed E-state index contributed by atoms with van der Waals surface area (Å²) in [7, 11) is 1.37. The number of nitrogens with one attached hydrogen (secondary N) is 2. The number of aromatic amines is 1. The van der Waals surface area contributed by atoms with Gasteiger partial charge in [0.2, 0.25) is 5.82 Å². The van der Waals surface area contributed by atoms with E-state index >= 15 is 0 Å². The molecular formula is C16H14FN5O3. The van der Waals surface area contributed by atoms with E-state index in [-0.39, 0.29) is 18.0 Å². The molecule has 3 aromatic rings. The summed E-state index contributed by atoms with van der Waals surface area (Å²) in [5.41, 5.74) is 1.09. The molecule has 0 radical (unpaired) electrons. The standard InChI is InChI=1S/C16H14FN5O3/c1-25-12-6-13(17)15(22(23)24)14(7-12)18-8-10-3-2-4-11(5-10)16-19-9-20-21-16/h2-7,9,18H,8H2,1H3,(H,19,20,21). The topological polar surface area (TPSA) is 106 Å². The Morgan fingerprint density at radius 3 is 2.88 bits per heavy atom. The zero-order chi connectivity index (χ0) is 17.8. The van der Waals surface area contributed by atoms with Crippen LogP contribution >= 0.6 is 0 Å². The number of ether oxygens (including phenoxy) is 1. The number of methoxy groups -OCH3 is 1. The highest BCUT2D eigenvalue weighted by Crippen LogP contribution is 2.32. The zero-order valence-corrected chi connectivity index (χ0v) is 13.2. The third kappa shape index (κ3) is 3.55. The van der Waals surface area contributed by atoms with Crippen LogP contribution in [-0.4, -0.2) is 27.2 Å². The fourth-order valence-corrected chi connectivity index (χ4v) is 2.38. The summed E-state index contributed by atoms with van der Waals surface area (Å²) in [6, 6.07) is 9.76. The van der Waals surface area contributed by atoms with Crippen LogP contribution in [0.4, 0.5) is 15.8 Å². The van der Waals surface area contributed by atoms with E-state index in [2.05, 4.69) is 20.5 Å². The minimum atomic E-state index is -0.956. The first-order chi connectivity index (χ1) is 12.1. The summed E-state index contributed by atoms with van der Waals surface area (Å²) in [4.78, 5) is 14.4. The lowest BCUT2D eigenvalue weighted by Crippen LogP contribution is -2.05. The van der Waals surface area contributed by atoms with Crippen molar-refractivity contribution in [1.29, 1.82) is 0 Å². The molecule has 128 valence electrons. The molecule has 0 unspecified atom stereocenters. The van der Waals surface area contributed by atoms with Gasteiger partial charge in [-0.1, -0.05) is 18.2 Å². The molecule has 0 saturated heterocycles. The van der Waals surface area contributed by atoms with Gasteiger partial charge in [0.25, 0.3) is 0 Å². The van der Waals surface area contributed by atoms with Crippen molar-refractivity contribution in [1.82, 2.24) is 15.2 Å². The van der Waals surface area contributed by atoms with E-state index in [9.17, 15) is 14.5 Å². The molecule has 0 atom stereocenters. The van der Waals surface area contributed by atoms with Crippen LogP contribution in [-0.2, 0) is 6.54 Å². The summed E-state index contributed by atoms with van der Waals surface area (Å²) in [6.07, 6.45) is 1.41. The first-order valence-electron chi connectivity index (χ1n) is 7.29. The van der Waals surface area contributed by atoms with Crippen LogP contribution in [0.2, 0.25) is 0 Å². The number of nitro groups is 1. The van der Waals surface area contributed by atoms with E-state index in [0.717, 1.165) is 17.2 Å². The molecule has 3 rings (SSSR count). The number of anilines is 1. The molecule has 8 nitrogen and oxygen atoms in total. The van der Waals surface area contributed by atoms with E-state index in [1.807, 2.05) is 24.3 Å². The van der Waals surface area contributed by atoms with Gasteiger partial charge in [-0.3, -0.25) is 15.2 Å². The van der Waals surface area contributed by atoms with Crippen molar-refractivity contribution in [3.05, 3.63) is 64.2 Å². The molecule has 1 aromatic heterocycles. The maximum absolute atomic E-state index is 13.9. The fourth-order valence-electron chi connectivity index (χ4n) is 2.38. The third-order valence-corrected chi connectivity index (χ3v) is 3.55. The Hall–Kier alpha value is -3.49. The number of hydrogen-bond donors (Lipinski definition) is 2. The molecule has 2 aromatic carbocycles. The number of halogens is 1. The van der Waals surface area contributed by atoms with Crippen molar-refractivity contribution in [2.45, 2.75) is 6.54 Å². The normalized spacial score (nSPS) is 10.5. The Morgan fingerprint density at radius 1 is 1.36 bits per heavy atom. The Balaban J connectivity index is 1.85. The number of aromatic nitrogens is 3. The summed E-state index contributed by atoms with van der Waals surface area (Å²) in [5, 5.41) is 20.6. The van der Waals surface area contributed by atoms with E-state index in [1.165, 1.54) is 19.5 Å². The van der Waals surface area contributed by atoms with Crippen molar-refractivity contribution in [3.8, 4) is 17.1 Å². The molecule has 0 bridgehead atoms. The van der Waals surface area contributed by atoms with Crippen LogP contribution in [0.25, 0.3) is 11.4 Å². The maximum atomic E-state index is 13.9. The first-order valence-corrected chi connectivity index (χ1v) is 7.29. The van der Waals surface area contributed by atoms with E-state index in [1.54, 1.807) is 0 Å². The van der Waals surface area contributed by atoms with Gasteiger partial charge in [0.1, 0.15) is 17.8 Å². The number of benzene rings is 2. The number of nitro benzene ring substituents is 1. The lowest BCUT2D eigenvalue weighted by Gasteiger charge is -2.10. The summed E-state index contributed by atoms with van der Waals surface area (Å²) < 4.78 is 18.9. The van der Waals surface area contributed by atoms with Crippen molar-refractivity contribution in [3.63, 3.8) is 0 Å². The van der Waals surface area contributed by atoms with Gasteiger partial charge in [-0.2, -0.15) is 9.49 Å². The molecule has 0 fully saturated rings. The molecule has 2 N–H and O–H groups in total. The summed E-state index contributed by atoms with van der Waals surface area (Å²) >= 11 is 0. The molecule has 0 spiro atoms. The van der Waals surface area contributed by atoms with Crippen LogP contribution in [0, 0.1) is 15.9 Å². The predicted octanol–water partition coefficient (Wildman–Crippen LogP) is 3.14. The van der Waals surface area contributed by atoms with E-state index < -0.39 is 16.4 Å². The minimum absolute atomic E-state index is 0.0481. The van der Waals surface area contributed by atoms with Gasteiger partial charge in [-0.05, 0) is 11.6 Å². The Morgan fingerprint density at radius 2 is 2.20 bits per heavy atom. The molecule has 9 heteroatoms. The van der Waals surface area contributed by atoms with Crippen LogP contribution in [0.3, 0.4) is 0 Å². The summed E-state index contributed by atoms with van der Waals surface area (Å²) in [5.74, 6) is -0.150. The minimum Gasteiger partial charge on any atom is -0.497 e. The van der Waals surface area contributed by atoms with Gasteiger partial charge in [0.15, 0.2) is 5.82 Å². The van der Waals surface area contributed by atoms with Gasteiger partial charge >= 0.3 is 5.69 Å². The second-order valence-electron chi connectivity index (χ2n) is 5.15. The van der Waals surface area contributed by atoms with Crippen molar-refractivity contribution >= 4 is 11.4 Å². The number of hydrogen-bond acceptors (Lipinski definition) is 6. The zero-order valence-electron chi connectivity index (χ0n) is 13.2. The smallest absolute Gasteiger partial charge is 0.327 e. The molecule has 0 aliphatic heterocycles. The maximum Gasteiger partial charge on any atom is 0.327 e. The Bertz CT molecular complexity index is 899. The molecule has 1 heterocycles. The molecule has 0 saturated carbocycles.